The van der Waals surface area contributed by atoms with Gasteiger partial charge in [-0.3, -0.25) is 4.79 Å². The number of amides is 2. The predicted octanol–water partition coefficient (Wildman–Crippen LogP) is 1.26. The second-order valence-electron chi connectivity index (χ2n) is 5.39. The van der Waals surface area contributed by atoms with Crippen LogP contribution in [0.25, 0.3) is 16.8 Å². The van der Waals surface area contributed by atoms with Gasteiger partial charge in [0.2, 0.25) is 5.91 Å². The highest BCUT2D eigenvalue weighted by Crippen LogP contribution is 2.24. The SMILES string of the molecule is CNC(=O)OCCNc1ccn2ncc(-c3ccc(C(N)=O)cc3)c2n1. The molecule has 134 valence electrons. The van der Waals surface area contributed by atoms with Crippen molar-refractivity contribution in [1.82, 2.24) is 19.9 Å². The van der Waals surface area contributed by atoms with E-state index in [1.54, 1.807) is 47.2 Å². The van der Waals surface area contributed by atoms with E-state index >= 15 is 0 Å². The summed E-state index contributed by atoms with van der Waals surface area (Å²) in [7, 11) is 1.50. The fraction of sp³-hybridized carbons (Fsp3) is 0.176. The molecular weight excluding hydrogens is 336 g/mol. The summed E-state index contributed by atoms with van der Waals surface area (Å²) < 4.78 is 6.57. The van der Waals surface area contributed by atoms with Gasteiger partial charge in [-0.15, -0.1) is 0 Å². The van der Waals surface area contributed by atoms with E-state index in [0.717, 1.165) is 11.1 Å². The van der Waals surface area contributed by atoms with Crippen LogP contribution >= 0.6 is 0 Å². The third-order valence-corrected chi connectivity index (χ3v) is 3.69. The number of hydrogen-bond acceptors (Lipinski definition) is 6. The number of fused-ring (bicyclic) bond motifs is 1. The number of hydrogen-bond donors (Lipinski definition) is 3. The fourth-order valence-corrected chi connectivity index (χ4v) is 2.38. The summed E-state index contributed by atoms with van der Waals surface area (Å²) in [5.74, 6) is 0.161. The molecule has 0 saturated heterocycles. The van der Waals surface area contributed by atoms with Gasteiger partial charge in [-0.25, -0.2) is 14.3 Å². The minimum atomic E-state index is -0.479. The molecule has 0 aliphatic carbocycles. The van der Waals surface area contributed by atoms with E-state index in [9.17, 15) is 9.59 Å². The predicted molar refractivity (Wildman–Crippen MR) is 95.8 cm³/mol. The number of carbonyl (C=O) groups is 2. The molecule has 0 aliphatic rings. The van der Waals surface area contributed by atoms with Crippen molar-refractivity contribution in [2.24, 2.45) is 5.73 Å². The molecule has 2 aromatic heterocycles. The lowest BCUT2D eigenvalue weighted by atomic mass is 10.1. The topological polar surface area (TPSA) is 124 Å². The Morgan fingerprint density at radius 3 is 2.69 bits per heavy atom. The first-order chi connectivity index (χ1) is 12.6. The van der Waals surface area contributed by atoms with E-state index < -0.39 is 12.0 Å². The van der Waals surface area contributed by atoms with Crippen molar-refractivity contribution in [3.8, 4) is 11.1 Å². The van der Waals surface area contributed by atoms with Gasteiger partial charge in [0, 0.05) is 24.4 Å². The molecule has 0 bridgehead atoms. The van der Waals surface area contributed by atoms with E-state index in [4.69, 9.17) is 10.5 Å². The van der Waals surface area contributed by atoms with E-state index in [-0.39, 0.29) is 6.61 Å². The van der Waals surface area contributed by atoms with Gasteiger partial charge in [-0.05, 0) is 23.8 Å². The van der Waals surface area contributed by atoms with Crippen LogP contribution in [0.3, 0.4) is 0 Å². The Hall–Kier alpha value is -3.62. The van der Waals surface area contributed by atoms with Gasteiger partial charge in [0.1, 0.15) is 12.4 Å². The van der Waals surface area contributed by atoms with E-state index in [2.05, 4.69) is 20.7 Å². The zero-order chi connectivity index (χ0) is 18.5. The summed E-state index contributed by atoms with van der Waals surface area (Å²) >= 11 is 0. The van der Waals surface area contributed by atoms with Crippen molar-refractivity contribution in [1.29, 1.82) is 0 Å². The maximum Gasteiger partial charge on any atom is 0.406 e. The van der Waals surface area contributed by atoms with Gasteiger partial charge in [-0.2, -0.15) is 5.10 Å². The number of carbonyl (C=O) groups excluding carboxylic acids is 2. The number of rotatable bonds is 6. The van der Waals surface area contributed by atoms with Crippen molar-refractivity contribution >= 4 is 23.5 Å². The maximum absolute atomic E-state index is 11.2. The van der Waals surface area contributed by atoms with Crippen molar-refractivity contribution < 1.29 is 14.3 Å². The number of ether oxygens (including phenoxy) is 1. The lowest BCUT2D eigenvalue weighted by Crippen LogP contribution is -2.22. The van der Waals surface area contributed by atoms with Crippen LogP contribution in [0.4, 0.5) is 10.6 Å². The second-order valence-corrected chi connectivity index (χ2v) is 5.39. The van der Waals surface area contributed by atoms with Crippen molar-refractivity contribution in [2.45, 2.75) is 0 Å². The van der Waals surface area contributed by atoms with Gasteiger partial charge < -0.3 is 21.1 Å². The molecule has 0 unspecified atom stereocenters. The Morgan fingerprint density at radius 2 is 2.00 bits per heavy atom. The lowest BCUT2D eigenvalue weighted by molar-refractivity contribution is 0.1000. The first-order valence-corrected chi connectivity index (χ1v) is 7.91. The van der Waals surface area contributed by atoms with Gasteiger partial charge in [0.05, 0.1) is 12.7 Å². The van der Waals surface area contributed by atoms with Crippen LogP contribution in [0.1, 0.15) is 10.4 Å². The lowest BCUT2D eigenvalue weighted by Gasteiger charge is -2.07. The van der Waals surface area contributed by atoms with Crippen LogP contribution in [0, 0.1) is 0 Å². The average Bonchev–Trinajstić information content (AvgIpc) is 3.08. The highest BCUT2D eigenvalue weighted by Gasteiger charge is 2.10. The summed E-state index contributed by atoms with van der Waals surface area (Å²) in [6.45, 7) is 0.639. The number of nitrogens with one attached hydrogen (secondary N) is 2. The minimum absolute atomic E-state index is 0.216. The average molecular weight is 354 g/mol. The monoisotopic (exact) mass is 354 g/mol. The molecular formula is C17H18N6O3. The molecule has 26 heavy (non-hydrogen) atoms. The van der Waals surface area contributed by atoms with Gasteiger partial charge in [-0.1, -0.05) is 12.1 Å². The molecule has 0 atom stereocenters. The number of primary amides is 1. The highest BCUT2D eigenvalue weighted by atomic mass is 16.5. The Morgan fingerprint density at radius 1 is 1.23 bits per heavy atom. The third kappa shape index (κ3) is 3.72. The molecule has 9 heteroatoms. The smallest absolute Gasteiger partial charge is 0.406 e. The highest BCUT2D eigenvalue weighted by molar-refractivity contribution is 5.93. The first-order valence-electron chi connectivity index (χ1n) is 7.91. The summed E-state index contributed by atoms with van der Waals surface area (Å²) in [5, 5.41) is 9.75. The zero-order valence-corrected chi connectivity index (χ0v) is 14.1. The molecule has 0 aliphatic heterocycles. The second kappa shape index (κ2) is 7.51. The Labute approximate surface area is 149 Å². The molecule has 0 radical (unpaired) electrons. The first kappa shape index (κ1) is 17.2. The Kier molecular flexibility index (Phi) is 4.97. The molecule has 9 nitrogen and oxygen atoms in total. The molecule has 4 N–H and O–H groups in total. The third-order valence-electron chi connectivity index (χ3n) is 3.69. The van der Waals surface area contributed by atoms with Crippen LogP contribution in [0.2, 0.25) is 0 Å². The quantitative estimate of drug-likeness (QED) is 0.573. The fourth-order valence-electron chi connectivity index (χ4n) is 2.38. The summed E-state index contributed by atoms with van der Waals surface area (Å²) in [6, 6.07) is 8.71. The van der Waals surface area contributed by atoms with Gasteiger partial charge in [0.25, 0.3) is 0 Å². The van der Waals surface area contributed by atoms with Crippen LogP contribution in [0.5, 0.6) is 0 Å². The number of benzene rings is 1. The number of aromatic nitrogens is 3. The molecule has 1 aromatic carbocycles. The van der Waals surface area contributed by atoms with Gasteiger partial charge >= 0.3 is 6.09 Å². The van der Waals surface area contributed by atoms with Gasteiger partial charge in [0.15, 0.2) is 5.65 Å². The van der Waals surface area contributed by atoms with Crippen molar-refractivity contribution in [3.05, 3.63) is 48.3 Å². The van der Waals surface area contributed by atoms with E-state index in [1.807, 2.05) is 0 Å². The molecule has 3 rings (SSSR count). The number of anilines is 1. The Bertz CT molecular complexity index is 935. The van der Waals surface area contributed by atoms with Crippen LogP contribution in [-0.4, -0.2) is 46.8 Å². The minimum Gasteiger partial charge on any atom is -0.448 e. The van der Waals surface area contributed by atoms with Crippen LogP contribution < -0.4 is 16.4 Å². The van der Waals surface area contributed by atoms with Crippen LogP contribution in [0.15, 0.2) is 42.7 Å². The number of nitrogens with two attached hydrogens (primary N) is 1. The van der Waals surface area contributed by atoms with Crippen molar-refractivity contribution in [3.63, 3.8) is 0 Å². The summed E-state index contributed by atoms with van der Waals surface area (Å²) in [5.41, 5.74) is 8.07. The molecule has 0 saturated carbocycles. The molecule has 3 aromatic rings. The normalized spacial score (nSPS) is 10.5. The molecule has 0 spiro atoms. The molecule has 0 fully saturated rings. The number of nitrogens with zero attached hydrogens (tertiary/aromatic N) is 3. The molecule has 2 amide bonds. The largest absolute Gasteiger partial charge is 0.448 e. The maximum atomic E-state index is 11.2. The standard InChI is InChI=1S/C17H18N6O3/c1-19-17(25)26-9-7-20-14-6-8-23-16(22-14)13(10-21-23)11-2-4-12(5-3-11)15(18)24/h2-6,8,10H,7,9H2,1H3,(H2,18,24)(H,19,25)(H,20,22). The van der Waals surface area contributed by atoms with E-state index in [0.29, 0.717) is 23.6 Å². The Balaban J connectivity index is 1.77. The van der Waals surface area contributed by atoms with Crippen molar-refractivity contribution in [2.75, 3.05) is 25.5 Å². The van der Waals surface area contributed by atoms with E-state index in [1.165, 1.54) is 7.05 Å². The summed E-state index contributed by atoms with van der Waals surface area (Å²) in [4.78, 5) is 26.8. The number of alkyl carbamates (subject to hydrolysis) is 1. The zero-order valence-electron chi connectivity index (χ0n) is 14.1. The van der Waals surface area contributed by atoms with Crippen LogP contribution in [-0.2, 0) is 4.74 Å². The summed E-state index contributed by atoms with van der Waals surface area (Å²) in [6.07, 6.45) is 3.01. The molecule has 2 heterocycles.